The number of aromatic nitrogens is 2. The molecule has 7 nitrogen and oxygen atoms in total. The Morgan fingerprint density at radius 3 is 2.68 bits per heavy atom. The molecule has 0 aliphatic carbocycles. The number of nitrogens with zero attached hydrogens (tertiary/aromatic N) is 3. The molecule has 0 unspecified atom stereocenters. The lowest BCUT2D eigenvalue weighted by molar-refractivity contribution is -0.389. The van der Waals surface area contributed by atoms with Gasteiger partial charge in [0, 0.05) is 25.5 Å². The number of hydrogen-bond acceptors (Lipinski definition) is 7. The fraction of sp³-hybridized carbons (Fsp3) is 0.636. The first kappa shape index (κ1) is 14.0. The highest BCUT2D eigenvalue weighted by Gasteiger charge is 2.26. The zero-order chi connectivity index (χ0) is 13.8. The van der Waals surface area contributed by atoms with E-state index in [1.807, 2.05) is 0 Å². The van der Waals surface area contributed by atoms with Gasteiger partial charge in [-0.15, -0.1) is 0 Å². The Labute approximate surface area is 115 Å². The molecule has 0 atom stereocenters. The summed E-state index contributed by atoms with van der Waals surface area (Å²) in [4.78, 5) is 19.0. The molecule has 0 spiro atoms. The van der Waals surface area contributed by atoms with Gasteiger partial charge in [-0.3, -0.25) is 10.1 Å². The second-order valence-electron chi connectivity index (χ2n) is 4.22. The van der Waals surface area contributed by atoms with E-state index in [1.54, 1.807) is 14.0 Å². The number of hydrogen-bond donors (Lipinski definition) is 1. The van der Waals surface area contributed by atoms with Crippen LogP contribution in [0.4, 0.5) is 11.6 Å². The van der Waals surface area contributed by atoms with E-state index >= 15 is 0 Å². The first-order valence-corrected chi connectivity index (χ1v) is 6.95. The Morgan fingerprint density at radius 1 is 1.42 bits per heavy atom. The normalized spacial score (nSPS) is 16.3. The maximum absolute atomic E-state index is 11.2. The number of thioether (sulfide) groups is 1. The van der Waals surface area contributed by atoms with Crippen molar-refractivity contribution in [3.8, 4) is 0 Å². The van der Waals surface area contributed by atoms with Crippen LogP contribution in [0.1, 0.15) is 18.5 Å². The fourth-order valence-electron chi connectivity index (χ4n) is 1.90. The van der Waals surface area contributed by atoms with E-state index in [1.165, 1.54) is 11.8 Å². The Morgan fingerprint density at radius 2 is 2.11 bits per heavy atom. The third-order valence-electron chi connectivity index (χ3n) is 2.88. The van der Waals surface area contributed by atoms with Crippen LogP contribution in [0.2, 0.25) is 0 Å². The predicted octanol–water partition coefficient (Wildman–Crippen LogP) is 2.01. The number of rotatable bonds is 4. The maximum atomic E-state index is 11.2. The van der Waals surface area contributed by atoms with Crippen LogP contribution >= 0.6 is 11.8 Å². The van der Waals surface area contributed by atoms with Crippen molar-refractivity contribution in [2.45, 2.75) is 30.0 Å². The molecule has 1 aliphatic rings. The highest BCUT2D eigenvalue weighted by molar-refractivity contribution is 8.00. The summed E-state index contributed by atoms with van der Waals surface area (Å²) in [6.45, 7) is 3.04. The molecule has 2 rings (SSSR count). The molecule has 0 radical (unpaired) electrons. The summed E-state index contributed by atoms with van der Waals surface area (Å²) in [6.07, 6.45) is 1.78. The molecular weight excluding hydrogens is 268 g/mol. The lowest BCUT2D eigenvalue weighted by atomic mass is 10.2. The molecule has 19 heavy (non-hydrogen) atoms. The molecule has 1 aliphatic heterocycles. The third-order valence-corrected chi connectivity index (χ3v) is 4.19. The monoisotopic (exact) mass is 284 g/mol. The molecular formula is C11H16N4O3S. The van der Waals surface area contributed by atoms with Crippen molar-refractivity contribution in [3.63, 3.8) is 0 Å². The first-order chi connectivity index (χ1) is 9.11. The van der Waals surface area contributed by atoms with Crippen molar-refractivity contribution in [1.82, 2.24) is 9.97 Å². The fourth-order valence-corrected chi connectivity index (χ4v) is 3.11. The van der Waals surface area contributed by atoms with Crippen LogP contribution in [0.15, 0.2) is 5.03 Å². The molecule has 0 bridgehead atoms. The molecule has 104 valence electrons. The van der Waals surface area contributed by atoms with Crippen LogP contribution in [0.5, 0.6) is 0 Å². The van der Waals surface area contributed by atoms with Crippen LogP contribution in [-0.4, -0.2) is 40.4 Å². The van der Waals surface area contributed by atoms with Crippen LogP contribution in [0.3, 0.4) is 0 Å². The number of ether oxygens (including phenoxy) is 1. The smallest absolute Gasteiger partial charge is 0.322 e. The molecule has 1 aromatic heterocycles. The SMILES string of the molecule is CNc1nc(C)c([N+](=O)[O-])c(SC2CCOCC2)n1. The largest absolute Gasteiger partial charge is 0.381 e. The lowest BCUT2D eigenvalue weighted by Gasteiger charge is -2.21. The van der Waals surface area contributed by atoms with Crippen LogP contribution in [0, 0.1) is 17.0 Å². The van der Waals surface area contributed by atoms with E-state index < -0.39 is 4.92 Å². The average molecular weight is 284 g/mol. The van der Waals surface area contributed by atoms with Crippen LogP contribution < -0.4 is 5.32 Å². The molecule has 1 N–H and O–H groups in total. The standard InChI is InChI=1S/C11H16N4O3S/c1-7-9(15(16)17)10(14-11(12-2)13-7)19-8-3-5-18-6-4-8/h8H,3-6H2,1-2H3,(H,12,13,14). The van der Waals surface area contributed by atoms with E-state index in [0.717, 1.165) is 12.8 Å². The topological polar surface area (TPSA) is 90.2 Å². The summed E-state index contributed by atoms with van der Waals surface area (Å²) in [5.41, 5.74) is 0.398. The molecule has 8 heteroatoms. The van der Waals surface area contributed by atoms with Gasteiger partial charge in [-0.2, -0.15) is 4.98 Å². The summed E-state index contributed by atoms with van der Waals surface area (Å²) in [5.74, 6) is 0.414. The number of nitrogens with one attached hydrogen (secondary N) is 1. The van der Waals surface area contributed by atoms with E-state index in [2.05, 4.69) is 15.3 Å². The zero-order valence-corrected chi connectivity index (χ0v) is 11.7. The van der Waals surface area contributed by atoms with Crippen molar-refractivity contribution in [1.29, 1.82) is 0 Å². The summed E-state index contributed by atoms with van der Waals surface area (Å²) < 4.78 is 5.29. The lowest BCUT2D eigenvalue weighted by Crippen LogP contribution is -2.18. The molecule has 2 heterocycles. The summed E-state index contributed by atoms with van der Waals surface area (Å²) >= 11 is 1.45. The highest BCUT2D eigenvalue weighted by atomic mass is 32.2. The minimum Gasteiger partial charge on any atom is -0.381 e. The third kappa shape index (κ3) is 3.32. The van der Waals surface area contributed by atoms with Gasteiger partial charge in [-0.1, -0.05) is 11.8 Å². The van der Waals surface area contributed by atoms with Crippen molar-refractivity contribution in [2.24, 2.45) is 0 Å². The molecule has 0 amide bonds. The van der Waals surface area contributed by atoms with Gasteiger partial charge in [-0.05, 0) is 19.8 Å². The maximum Gasteiger partial charge on any atom is 0.322 e. The number of aryl methyl sites for hydroxylation is 1. The van der Waals surface area contributed by atoms with Gasteiger partial charge in [0.2, 0.25) is 5.95 Å². The summed E-state index contributed by atoms with van der Waals surface area (Å²) in [5, 5.41) is 14.7. The van der Waals surface area contributed by atoms with Gasteiger partial charge in [0.15, 0.2) is 5.03 Å². The summed E-state index contributed by atoms with van der Waals surface area (Å²) in [6, 6.07) is 0. The second-order valence-corrected chi connectivity index (χ2v) is 5.51. The van der Waals surface area contributed by atoms with Gasteiger partial charge in [0.25, 0.3) is 0 Å². The zero-order valence-electron chi connectivity index (χ0n) is 10.9. The van der Waals surface area contributed by atoms with Crippen molar-refractivity contribution in [2.75, 3.05) is 25.6 Å². The number of nitro groups is 1. The Balaban J connectivity index is 2.29. The molecule has 1 fully saturated rings. The Hall–Kier alpha value is -1.41. The van der Waals surface area contributed by atoms with Gasteiger partial charge in [0.05, 0.1) is 4.92 Å². The van der Waals surface area contributed by atoms with Crippen LogP contribution in [-0.2, 0) is 4.74 Å². The van der Waals surface area contributed by atoms with Gasteiger partial charge >= 0.3 is 5.69 Å². The van der Waals surface area contributed by atoms with E-state index in [-0.39, 0.29) is 5.69 Å². The molecule has 0 aromatic carbocycles. The minimum atomic E-state index is -0.406. The highest BCUT2D eigenvalue weighted by Crippen LogP contribution is 2.36. The molecule has 1 aromatic rings. The Bertz CT molecular complexity index is 477. The van der Waals surface area contributed by atoms with Crippen molar-refractivity contribution in [3.05, 3.63) is 15.8 Å². The predicted molar refractivity (Wildman–Crippen MR) is 72.7 cm³/mol. The first-order valence-electron chi connectivity index (χ1n) is 6.07. The number of anilines is 1. The Kier molecular flexibility index (Phi) is 4.54. The second kappa shape index (κ2) is 6.16. The van der Waals surface area contributed by atoms with E-state index in [4.69, 9.17) is 4.74 Å². The van der Waals surface area contributed by atoms with Crippen molar-refractivity contribution < 1.29 is 9.66 Å². The van der Waals surface area contributed by atoms with E-state index in [9.17, 15) is 10.1 Å². The van der Waals surface area contributed by atoms with Crippen LogP contribution in [0.25, 0.3) is 0 Å². The van der Waals surface area contributed by atoms with Gasteiger partial charge in [0.1, 0.15) is 5.69 Å². The summed E-state index contributed by atoms with van der Waals surface area (Å²) in [7, 11) is 1.70. The molecule has 1 saturated heterocycles. The van der Waals surface area contributed by atoms with Crippen molar-refractivity contribution >= 4 is 23.4 Å². The van der Waals surface area contributed by atoms with E-state index in [0.29, 0.717) is 35.1 Å². The molecule has 0 saturated carbocycles. The minimum absolute atomic E-state index is 0.00971. The average Bonchev–Trinajstić information content (AvgIpc) is 2.38. The van der Waals surface area contributed by atoms with Gasteiger partial charge in [-0.25, -0.2) is 4.98 Å². The quantitative estimate of drug-likeness (QED) is 0.513. The van der Waals surface area contributed by atoms with Gasteiger partial charge < -0.3 is 10.1 Å².